The van der Waals surface area contributed by atoms with Crippen LogP contribution in [0.2, 0.25) is 0 Å². The molecule has 1 aromatic carbocycles. The third kappa shape index (κ3) is 2.77. The van der Waals surface area contributed by atoms with Crippen molar-refractivity contribution in [2.24, 2.45) is 5.29 Å². The maximum Gasteiger partial charge on any atom is 0.196 e. The van der Waals surface area contributed by atoms with Gasteiger partial charge in [0, 0.05) is 12.2 Å². The fraction of sp³-hybridized carbons (Fsp3) is 0.222. The number of nitrogens with zero attached hydrogens (tertiary/aromatic N) is 2. The fourth-order valence-corrected chi connectivity index (χ4v) is 1.23. The number of anilines is 1. The Morgan fingerprint density at radius 3 is 2.64 bits per heavy atom. The second-order valence-corrected chi connectivity index (χ2v) is 2.98. The van der Waals surface area contributed by atoms with E-state index in [-0.39, 0.29) is 0 Å². The summed E-state index contributed by atoms with van der Waals surface area (Å²) in [5.41, 5.74) is 0.847. The molecular weight excluding hydrogens is 198 g/mol. The number of para-hydroxylation sites is 1. The zero-order chi connectivity index (χ0) is 10.4. The van der Waals surface area contributed by atoms with Crippen molar-refractivity contribution < 1.29 is 0 Å². The predicted molar refractivity (Wildman–Crippen MR) is 60.8 cm³/mol. The van der Waals surface area contributed by atoms with E-state index >= 15 is 0 Å². The summed E-state index contributed by atoms with van der Waals surface area (Å²) in [6.07, 6.45) is 0. The highest BCUT2D eigenvalue weighted by Gasteiger charge is 2.06. The van der Waals surface area contributed by atoms with Crippen LogP contribution >= 0.6 is 12.2 Å². The minimum atomic E-state index is 0.314. The van der Waals surface area contributed by atoms with Gasteiger partial charge in [-0.1, -0.05) is 18.2 Å². The molecular formula is C9H11N3OS. The molecule has 0 aliphatic carbocycles. The molecule has 0 aliphatic heterocycles. The Morgan fingerprint density at radius 2 is 2.14 bits per heavy atom. The van der Waals surface area contributed by atoms with Crippen molar-refractivity contribution in [3.05, 3.63) is 35.2 Å². The second-order valence-electron chi connectivity index (χ2n) is 2.59. The third-order valence-electron chi connectivity index (χ3n) is 1.66. The van der Waals surface area contributed by atoms with Gasteiger partial charge in [-0.2, -0.15) is 0 Å². The van der Waals surface area contributed by atoms with Gasteiger partial charge in [-0.3, -0.25) is 0 Å². The molecule has 0 spiro atoms. The highest BCUT2D eigenvalue weighted by atomic mass is 32.1. The van der Waals surface area contributed by atoms with Crippen LogP contribution in [0.25, 0.3) is 0 Å². The molecule has 0 fully saturated rings. The van der Waals surface area contributed by atoms with Gasteiger partial charge in [-0.25, -0.2) is 5.01 Å². The van der Waals surface area contributed by atoms with Gasteiger partial charge in [-0.05, 0) is 31.3 Å². The molecule has 1 N–H and O–H groups in total. The van der Waals surface area contributed by atoms with Gasteiger partial charge in [0.2, 0.25) is 0 Å². The molecule has 0 saturated carbocycles. The molecule has 1 aromatic rings. The quantitative estimate of drug-likeness (QED) is 0.471. The summed E-state index contributed by atoms with van der Waals surface area (Å²) in [4.78, 5) is 10.3. The van der Waals surface area contributed by atoms with E-state index in [0.29, 0.717) is 11.7 Å². The number of nitroso groups, excluding NO2 is 1. The maximum atomic E-state index is 10.3. The van der Waals surface area contributed by atoms with Gasteiger partial charge < -0.3 is 5.32 Å². The minimum absolute atomic E-state index is 0.314. The van der Waals surface area contributed by atoms with E-state index < -0.39 is 0 Å². The Labute approximate surface area is 87.9 Å². The summed E-state index contributed by atoms with van der Waals surface area (Å²) in [5.74, 6) is 0. The smallest absolute Gasteiger partial charge is 0.196 e. The molecule has 4 nitrogen and oxygen atoms in total. The summed E-state index contributed by atoms with van der Waals surface area (Å²) < 4.78 is 0. The number of benzene rings is 1. The monoisotopic (exact) mass is 209 g/mol. The first-order chi connectivity index (χ1) is 6.77. The first-order valence-corrected chi connectivity index (χ1v) is 4.65. The lowest BCUT2D eigenvalue weighted by atomic mass is 10.3. The van der Waals surface area contributed by atoms with E-state index in [1.807, 2.05) is 30.3 Å². The van der Waals surface area contributed by atoms with Crippen molar-refractivity contribution in [2.45, 2.75) is 6.92 Å². The van der Waals surface area contributed by atoms with Crippen LogP contribution in [0, 0.1) is 4.91 Å². The minimum Gasteiger partial charge on any atom is -0.331 e. The molecule has 0 aliphatic rings. The van der Waals surface area contributed by atoms with Crippen molar-refractivity contribution >= 4 is 23.0 Å². The molecule has 0 radical (unpaired) electrons. The SMILES string of the molecule is CCN(N=O)C(=S)Nc1ccccc1. The molecule has 14 heavy (non-hydrogen) atoms. The molecule has 74 valence electrons. The van der Waals surface area contributed by atoms with Crippen LogP contribution in [0.3, 0.4) is 0 Å². The second kappa shape index (κ2) is 5.29. The Balaban J connectivity index is 2.61. The number of hydrogen-bond acceptors (Lipinski definition) is 3. The standard InChI is InChI=1S/C9H11N3OS/c1-2-12(11-13)9(14)10-8-6-4-3-5-7-8/h3-7H,2H2,1H3,(H,10,14). The van der Waals surface area contributed by atoms with Crippen LogP contribution in [0.5, 0.6) is 0 Å². The van der Waals surface area contributed by atoms with Crippen LogP contribution < -0.4 is 5.32 Å². The topological polar surface area (TPSA) is 44.7 Å². The lowest BCUT2D eigenvalue weighted by Gasteiger charge is -2.14. The highest BCUT2D eigenvalue weighted by Crippen LogP contribution is 2.06. The van der Waals surface area contributed by atoms with Crippen LogP contribution in [-0.4, -0.2) is 16.7 Å². The Kier molecular flexibility index (Phi) is 4.00. The highest BCUT2D eigenvalue weighted by molar-refractivity contribution is 7.80. The molecule has 0 amide bonds. The fourth-order valence-electron chi connectivity index (χ4n) is 0.948. The molecule has 0 heterocycles. The van der Waals surface area contributed by atoms with Crippen molar-refractivity contribution in [3.63, 3.8) is 0 Å². The van der Waals surface area contributed by atoms with Gasteiger partial charge in [0.25, 0.3) is 0 Å². The summed E-state index contributed by atoms with van der Waals surface area (Å²) in [6.45, 7) is 2.27. The zero-order valence-corrected chi connectivity index (χ0v) is 8.62. The number of hydrogen-bond donors (Lipinski definition) is 1. The lowest BCUT2D eigenvalue weighted by Crippen LogP contribution is -2.29. The Morgan fingerprint density at radius 1 is 1.50 bits per heavy atom. The number of nitrogens with one attached hydrogen (secondary N) is 1. The first-order valence-electron chi connectivity index (χ1n) is 4.24. The Hall–Kier alpha value is -1.49. The van der Waals surface area contributed by atoms with Gasteiger partial charge in [0.1, 0.15) is 0 Å². The molecule has 5 heteroatoms. The molecule has 1 rings (SSSR count). The van der Waals surface area contributed by atoms with E-state index in [0.717, 1.165) is 5.69 Å². The van der Waals surface area contributed by atoms with Crippen LogP contribution in [-0.2, 0) is 0 Å². The number of rotatable bonds is 3. The van der Waals surface area contributed by atoms with E-state index in [1.165, 1.54) is 5.01 Å². The van der Waals surface area contributed by atoms with Crippen LogP contribution in [0.1, 0.15) is 6.92 Å². The average molecular weight is 209 g/mol. The van der Waals surface area contributed by atoms with Gasteiger partial charge in [0.05, 0.1) is 5.29 Å². The normalized spacial score (nSPS) is 9.21. The Bertz CT molecular complexity index is 315. The summed E-state index contributed by atoms with van der Waals surface area (Å²) in [6, 6.07) is 9.41. The van der Waals surface area contributed by atoms with E-state index in [4.69, 9.17) is 12.2 Å². The summed E-state index contributed by atoms with van der Waals surface area (Å²) >= 11 is 4.98. The van der Waals surface area contributed by atoms with Gasteiger partial charge >= 0.3 is 0 Å². The van der Waals surface area contributed by atoms with Gasteiger partial charge in [0.15, 0.2) is 5.11 Å². The van der Waals surface area contributed by atoms with Crippen molar-refractivity contribution in [1.29, 1.82) is 0 Å². The van der Waals surface area contributed by atoms with E-state index in [9.17, 15) is 4.91 Å². The molecule has 0 bridgehead atoms. The predicted octanol–water partition coefficient (Wildman–Crippen LogP) is 2.39. The maximum absolute atomic E-state index is 10.3. The average Bonchev–Trinajstić information content (AvgIpc) is 2.21. The summed E-state index contributed by atoms with van der Waals surface area (Å²) in [7, 11) is 0. The molecule has 0 aromatic heterocycles. The van der Waals surface area contributed by atoms with E-state index in [2.05, 4.69) is 10.6 Å². The zero-order valence-electron chi connectivity index (χ0n) is 7.80. The summed E-state index contributed by atoms with van der Waals surface area (Å²) in [5, 5.41) is 7.19. The van der Waals surface area contributed by atoms with Crippen molar-refractivity contribution in [2.75, 3.05) is 11.9 Å². The third-order valence-corrected chi connectivity index (χ3v) is 1.97. The van der Waals surface area contributed by atoms with E-state index in [1.54, 1.807) is 6.92 Å². The van der Waals surface area contributed by atoms with Crippen LogP contribution in [0.4, 0.5) is 5.69 Å². The molecule has 0 saturated heterocycles. The van der Waals surface area contributed by atoms with Crippen molar-refractivity contribution in [1.82, 2.24) is 5.01 Å². The molecule has 0 atom stereocenters. The lowest BCUT2D eigenvalue weighted by molar-refractivity contribution is 0.472. The molecule has 0 unspecified atom stereocenters. The van der Waals surface area contributed by atoms with Gasteiger partial charge in [-0.15, -0.1) is 4.91 Å². The largest absolute Gasteiger partial charge is 0.331 e. The first kappa shape index (κ1) is 10.6. The number of thiocarbonyl (C=S) groups is 1. The van der Waals surface area contributed by atoms with Crippen molar-refractivity contribution in [3.8, 4) is 0 Å². The van der Waals surface area contributed by atoms with Crippen LogP contribution in [0.15, 0.2) is 35.6 Å².